The van der Waals surface area contributed by atoms with Crippen molar-refractivity contribution in [1.29, 1.82) is 0 Å². The van der Waals surface area contributed by atoms with Gasteiger partial charge in [0.25, 0.3) is 0 Å². The number of carbonyl (C=O) groups is 1. The van der Waals surface area contributed by atoms with Crippen molar-refractivity contribution in [3.05, 3.63) is 6.20 Å². The van der Waals surface area contributed by atoms with Crippen molar-refractivity contribution in [2.24, 2.45) is 5.73 Å². The second-order valence-corrected chi connectivity index (χ2v) is 6.62. The number of aromatic nitrogens is 2. The van der Waals surface area contributed by atoms with E-state index in [1.165, 1.54) is 10.9 Å². The van der Waals surface area contributed by atoms with Crippen molar-refractivity contribution in [3.8, 4) is 0 Å². The number of rotatable bonds is 4. The van der Waals surface area contributed by atoms with Gasteiger partial charge in [-0.15, -0.1) is 0 Å². The number of piperidine rings is 1. The van der Waals surface area contributed by atoms with E-state index >= 15 is 0 Å². The summed E-state index contributed by atoms with van der Waals surface area (Å²) < 4.78 is 27.9. The van der Waals surface area contributed by atoms with Gasteiger partial charge in [0, 0.05) is 19.3 Å². The van der Waals surface area contributed by atoms with Crippen molar-refractivity contribution in [2.45, 2.75) is 43.7 Å². The Labute approximate surface area is 117 Å². The molecule has 9 heteroatoms. The summed E-state index contributed by atoms with van der Waals surface area (Å²) >= 11 is 0. The van der Waals surface area contributed by atoms with Crippen molar-refractivity contribution in [1.82, 2.24) is 14.1 Å². The molecule has 2 rings (SSSR count). The minimum atomic E-state index is -3.85. The summed E-state index contributed by atoms with van der Waals surface area (Å²) in [7, 11) is -3.85. The summed E-state index contributed by atoms with van der Waals surface area (Å²) in [6.45, 7) is 2.61. The molecule has 1 aliphatic heterocycles. The summed E-state index contributed by atoms with van der Waals surface area (Å²) in [5, 5.41) is 3.93. The molecule has 1 saturated heterocycles. The number of amides is 1. The van der Waals surface area contributed by atoms with E-state index in [4.69, 9.17) is 11.5 Å². The quantitative estimate of drug-likeness (QED) is 0.776. The monoisotopic (exact) mass is 301 g/mol. The van der Waals surface area contributed by atoms with Crippen LogP contribution in [0, 0.1) is 0 Å². The number of sulfonamides is 1. The van der Waals surface area contributed by atoms with Gasteiger partial charge in [0.2, 0.25) is 15.9 Å². The average molecular weight is 301 g/mol. The van der Waals surface area contributed by atoms with E-state index < -0.39 is 22.0 Å². The highest BCUT2D eigenvalue weighted by molar-refractivity contribution is 7.89. The number of carbonyl (C=O) groups excluding carboxylic acids is 1. The van der Waals surface area contributed by atoms with Crippen LogP contribution in [0.1, 0.15) is 26.2 Å². The van der Waals surface area contributed by atoms with Crippen LogP contribution in [0.2, 0.25) is 0 Å². The zero-order chi connectivity index (χ0) is 14.9. The third-order valence-electron chi connectivity index (χ3n) is 3.45. The number of hydrogen-bond acceptors (Lipinski definition) is 5. The molecule has 1 aliphatic rings. The molecule has 4 N–H and O–H groups in total. The molecule has 0 aromatic carbocycles. The first kappa shape index (κ1) is 14.8. The molecule has 0 saturated carbocycles. The first-order valence-electron chi connectivity index (χ1n) is 6.52. The van der Waals surface area contributed by atoms with Gasteiger partial charge in [0.05, 0.1) is 0 Å². The predicted octanol–water partition coefficient (Wildman–Crippen LogP) is -0.486. The maximum absolute atomic E-state index is 12.6. The van der Waals surface area contributed by atoms with Crippen molar-refractivity contribution >= 4 is 21.7 Å². The van der Waals surface area contributed by atoms with Gasteiger partial charge in [-0.25, -0.2) is 8.42 Å². The van der Waals surface area contributed by atoms with E-state index in [0.29, 0.717) is 19.4 Å². The molecule has 1 aromatic heterocycles. The molecule has 1 unspecified atom stereocenters. The van der Waals surface area contributed by atoms with Crippen LogP contribution >= 0.6 is 0 Å². The Morgan fingerprint density at radius 2 is 2.20 bits per heavy atom. The molecule has 112 valence electrons. The van der Waals surface area contributed by atoms with E-state index in [9.17, 15) is 13.2 Å². The van der Waals surface area contributed by atoms with E-state index in [-0.39, 0.29) is 17.3 Å². The van der Waals surface area contributed by atoms with Crippen LogP contribution in [0.4, 0.5) is 5.82 Å². The SMILES string of the molecule is CCn1cc(S(=O)(=O)N2CCCCC2C(N)=O)c(N)n1. The largest absolute Gasteiger partial charge is 0.381 e. The van der Waals surface area contributed by atoms with Gasteiger partial charge in [-0.2, -0.15) is 9.40 Å². The molecule has 0 radical (unpaired) electrons. The van der Waals surface area contributed by atoms with E-state index in [0.717, 1.165) is 10.7 Å². The highest BCUT2D eigenvalue weighted by Gasteiger charge is 2.38. The Hall–Kier alpha value is -1.61. The number of hydrogen-bond donors (Lipinski definition) is 2. The second kappa shape index (κ2) is 5.41. The van der Waals surface area contributed by atoms with Gasteiger partial charge in [-0.1, -0.05) is 6.42 Å². The third-order valence-corrected chi connectivity index (χ3v) is 5.37. The fourth-order valence-electron chi connectivity index (χ4n) is 2.38. The topological polar surface area (TPSA) is 124 Å². The molecule has 2 heterocycles. The lowest BCUT2D eigenvalue weighted by atomic mass is 10.0. The standard InChI is InChI=1S/C11H19N5O3S/c1-2-15-7-9(10(12)14-15)20(18,19)16-6-4-3-5-8(16)11(13)17/h7-8H,2-6H2,1H3,(H2,12,14)(H2,13,17). The average Bonchev–Trinajstić information content (AvgIpc) is 2.80. The van der Waals surface area contributed by atoms with Crippen LogP contribution in [-0.4, -0.2) is 41.0 Å². The second-order valence-electron chi connectivity index (χ2n) is 4.76. The van der Waals surface area contributed by atoms with Crippen LogP contribution in [0.25, 0.3) is 0 Å². The lowest BCUT2D eigenvalue weighted by molar-refractivity contribution is -0.122. The molecule has 1 amide bonds. The van der Waals surface area contributed by atoms with Crippen molar-refractivity contribution in [2.75, 3.05) is 12.3 Å². The summed E-state index contributed by atoms with van der Waals surface area (Å²) in [5.74, 6) is -0.685. The number of nitrogen functional groups attached to an aromatic ring is 1. The van der Waals surface area contributed by atoms with Crippen LogP contribution in [-0.2, 0) is 21.4 Å². The molecule has 0 bridgehead atoms. The van der Waals surface area contributed by atoms with Crippen LogP contribution in [0.5, 0.6) is 0 Å². The first-order valence-corrected chi connectivity index (χ1v) is 7.96. The minimum absolute atomic E-state index is 0.0550. The van der Waals surface area contributed by atoms with Crippen molar-refractivity contribution < 1.29 is 13.2 Å². The lowest BCUT2D eigenvalue weighted by Gasteiger charge is -2.32. The number of nitrogens with two attached hydrogens (primary N) is 2. The number of anilines is 1. The van der Waals surface area contributed by atoms with Crippen molar-refractivity contribution in [3.63, 3.8) is 0 Å². The van der Waals surface area contributed by atoms with Gasteiger partial charge in [0.1, 0.15) is 10.9 Å². The summed E-state index contributed by atoms with van der Waals surface area (Å²) in [6, 6.07) is -0.807. The van der Waals surface area contributed by atoms with Gasteiger partial charge >= 0.3 is 0 Å². The zero-order valence-corrected chi connectivity index (χ0v) is 12.1. The number of primary amides is 1. The Kier molecular flexibility index (Phi) is 4.00. The smallest absolute Gasteiger partial charge is 0.249 e. The van der Waals surface area contributed by atoms with Gasteiger partial charge < -0.3 is 11.5 Å². The Bertz CT molecular complexity index is 610. The Morgan fingerprint density at radius 3 is 2.75 bits per heavy atom. The number of aryl methyl sites for hydroxylation is 1. The molecule has 1 atom stereocenters. The fraction of sp³-hybridized carbons (Fsp3) is 0.636. The summed E-state index contributed by atoms with van der Waals surface area (Å²) in [5.41, 5.74) is 11.0. The van der Waals surface area contributed by atoms with E-state index in [1.807, 2.05) is 6.92 Å². The predicted molar refractivity (Wildman–Crippen MR) is 73.0 cm³/mol. The molecule has 1 aromatic rings. The molecule has 1 fully saturated rings. The molecular formula is C11H19N5O3S. The molecule has 0 spiro atoms. The third kappa shape index (κ3) is 2.50. The minimum Gasteiger partial charge on any atom is -0.381 e. The maximum Gasteiger partial charge on any atom is 0.249 e. The highest BCUT2D eigenvalue weighted by Crippen LogP contribution is 2.27. The van der Waals surface area contributed by atoms with E-state index in [2.05, 4.69) is 5.10 Å². The molecular weight excluding hydrogens is 282 g/mol. The normalized spacial score (nSPS) is 20.9. The molecule has 20 heavy (non-hydrogen) atoms. The van der Waals surface area contributed by atoms with Crippen LogP contribution in [0.15, 0.2) is 11.1 Å². The highest BCUT2D eigenvalue weighted by atomic mass is 32.2. The Morgan fingerprint density at radius 1 is 1.50 bits per heavy atom. The van der Waals surface area contributed by atoms with Crippen LogP contribution in [0.3, 0.4) is 0 Å². The summed E-state index contributed by atoms with van der Waals surface area (Å²) in [6.07, 6.45) is 3.31. The van der Waals surface area contributed by atoms with Crippen LogP contribution < -0.4 is 11.5 Å². The fourth-order valence-corrected chi connectivity index (χ4v) is 4.11. The number of nitrogens with zero attached hydrogens (tertiary/aromatic N) is 3. The molecule has 0 aliphatic carbocycles. The van der Waals surface area contributed by atoms with Gasteiger partial charge in [-0.05, 0) is 19.8 Å². The van der Waals surface area contributed by atoms with Gasteiger partial charge in [0.15, 0.2) is 5.82 Å². The lowest BCUT2D eigenvalue weighted by Crippen LogP contribution is -2.50. The van der Waals surface area contributed by atoms with E-state index in [1.54, 1.807) is 0 Å². The van der Waals surface area contributed by atoms with Gasteiger partial charge in [-0.3, -0.25) is 9.48 Å². The maximum atomic E-state index is 12.6. The Balaban J connectivity index is 2.42. The zero-order valence-electron chi connectivity index (χ0n) is 11.3. The summed E-state index contributed by atoms with van der Waals surface area (Å²) in [4.78, 5) is 11.4. The molecule has 8 nitrogen and oxygen atoms in total. The first-order chi connectivity index (χ1) is 9.37.